The van der Waals surface area contributed by atoms with Gasteiger partial charge in [-0.15, -0.1) is 11.3 Å². The van der Waals surface area contributed by atoms with Gasteiger partial charge >= 0.3 is 6.09 Å². The standard InChI is InChI=1S/C15H25N3O2S/c1-11-9-12(17-10-13-16-6-8-21-13)5-7-18(11)14(19)20-15(2,3)4/h6,8,11-12,17H,5,7,9-10H2,1-4H3. The second-order valence-corrected chi connectivity index (χ2v) is 7.53. The Labute approximate surface area is 130 Å². The molecule has 2 atom stereocenters. The summed E-state index contributed by atoms with van der Waals surface area (Å²) in [5.74, 6) is 0. The predicted octanol–water partition coefficient (Wildman–Crippen LogP) is 3.02. The van der Waals surface area contributed by atoms with E-state index >= 15 is 0 Å². The molecule has 2 heterocycles. The summed E-state index contributed by atoms with van der Waals surface area (Å²) in [7, 11) is 0. The van der Waals surface area contributed by atoms with E-state index in [1.807, 2.05) is 37.2 Å². The Kier molecular flexibility index (Phi) is 5.22. The van der Waals surface area contributed by atoms with Crippen LogP contribution in [-0.2, 0) is 11.3 Å². The van der Waals surface area contributed by atoms with Gasteiger partial charge in [0.05, 0.1) is 0 Å². The maximum Gasteiger partial charge on any atom is 0.410 e. The van der Waals surface area contributed by atoms with Crippen molar-refractivity contribution in [1.29, 1.82) is 0 Å². The fourth-order valence-corrected chi connectivity index (χ4v) is 3.09. The molecule has 0 aliphatic carbocycles. The highest BCUT2D eigenvalue weighted by Crippen LogP contribution is 2.21. The van der Waals surface area contributed by atoms with Gasteiger partial charge < -0.3 is 15.0 Å². The molecule has 6 heteroatoms. The maximum absolute atomic E-state index is 12.2. The SMILES string of the molecule is CC1CC(NCc2nccs2)CCN1C(=O)OC(C)(C)C. The molecule has 0 radical (unpaired) electrons. The first-order chi connectivity index (χ1) is 9.85. The molecule has 0 spiro atoms. The number of amides is 1. The van der Waals surface area contributed by atoms with Crippen LogP contribution in [-0.4, -0.2) is 40.2 Å². The predicted molar refractivity (Wildman–Crippen MR) is 84.4 cm³/mol. The van der Waals surface area contributed by atoms with Gasteiger partial charge in [-0.25, -0.2) is 9.78 Å². The van der Waals surface area contributed by atoms with Gasteiger partial charge in [0.15, 0.2) is 0 Å². The Morgan fingerprint density at radius 2 is 2.33 bits per heavy atom. The third-order valence-corrected chi connectivity index (χ3v) is 4.31. The van der Waals surface area contributed by atoms with Crippen LogP contribution in [0.4, 0.5) is 4.79 Å². The summed E-state index contributed by atoms with van der Waals surface area (Å²) >= 11 is 1.67. The lowest BCUT2D eigenvalue weighted by molar-refractivity contribution is 0.00932. The minimum Gasteiger partial charge on any atom is -0.444 e. The topological polar surface area (TPSA) is 54.5 Å². The van der Waals surface area contributed by atoms with Crippen LogP contribution in [0.2, 0.25) is 0 Å². The second kappa shape index (κ2) is 6.75. The molecule has 118 valence electrons. The Hall–Kier alpha value is -1.14. The number of aromatic nitrogens is 1. The Morgan fingerprint density at radius 1 is 1.57 bits per heavy atom. The maximum atomic E-state index is 12.2. The van der Waals surface area contributed by atoms with Gasteiger partial charge in [-0.1, -0.05) is 0 Å². The average Bonchev–Trinajstić information content (AvgIpc) is 2.87. The number of carbonyl (C=O) groups is 1. The van der Waals surface area contributed by atoms with Gasteiger partial charge in [0.25, 0.3) is 0 Å². The van der Waals surface area contributed by atoms with Gasteiger partial charge in [-0.05, 0) is 40.5 Å². The molecule has 1 aliphatic rings. The van der Waals surface area contributed by atoms with E-state index in [4.69, 9.17) is 4.74 Å². The molecule has 2 rings (SSSR count). The molecule has 1 N–H and O–H groups in total. The molecule has 0 bridgehead atoms. The van der Waals surface area contributed by atoms with E-state index in [1.165, 1.54) is 0 Å². The first-order valence-corrected chi connectivity index (χ1v) is 8.34. The van der Waals surface area contributed by atoms with Crippen molar-refractivity contribution >= 4 is 17.4 Å². The zero-order chi connectivity index (χ0) is 15.5. The molecule has 5 nitrogen and oxygen atoms in total. The van der Waals surface area contributed by atoms with E-state index in [-0.39, 0.29) is 12.1 Å². The molecular weight excluding hydrogens is 286 g/mol. The normalized spacial score (nSPS) is 23.1. The van der Waals surface area contributed by atoms with Gasteiger partial charge in [0, 0.05) is 36.8 Å². The summed E-state index contributed by atoms with van der Waals surface area (Å²) in [5, 5.41) is 6.63. The monoisotopic (exact) mass is 311 g/mol. The summed E-state index contributed by atoms with van der Waals surface area (Å²) in [5.41, 5.74) is -0.434. The number of hydrogen-bond donors (Lipinski definition) is 1. The van der Waals surface area contributed by atoms with Crippen LogP contribution in [0.5, 0.6) is 0 Å². The first-order valence-electron chi connectivity index (χ1n) is 7.46. The molecule has 1 amide bonds. The van der Waals surface area contributed by atoms with Crippen LogP contribution < -0.4 is 5.32 Å². The van der Waals surface area contributed by atoms with Gasteiger partial charge in [0.1, 0.15) is 10.6 Å². The second-order valence-electron chi connectivity index (χ2n) is 6.55. The van der Waals surface area contributed by atoms with Gasteiger partial charge in [-0.3, -0.25) is 0 Å². The minimum atomic E-state index is -0.434. The van der Waals surface area contributed by atoms with Crippen molar-refractivity contribution in [3.63, 3.8) is 0 Å². The Morgan fingerprint density at radius 3 is 2.90 bits per heavy atom. The Bertz CT molecular complexity index is 456. The van der Waals surface area contributed by atoms with E-state index in [0.717, 1.165) is 30.9 Å². The number of piperidine rings is 1. The molecule has 0 aromatic carbocycles. The Balaban J connectivity index is 1.80. The van der Waals surface area contributed by atoms with Crippen molar-refractivity contribution in [2.45, 2.75) is 64.8 Å². The smallest absolute Gasteiger partial charge is 0.410 e. The number of carbonyl (C=O) groups excluding carboxylic acids is 1. The molecular formula is C15H25N3O2S. The zero-order valence-corrected chi connectivity index (χ0v) is 14.1. The molecule has 2 unspecified atom stereocenters. The number of thiazole rings is 1. The minimum absolute atomic E-state index is 0.197. The summed E-state index contributed by atoms with van der Waals surface area (Å²) in [6.45, 7) is 9.34. The molecule has 1 fully saturated rings. The van der Waals surface area contributed by atoms with Crippen molar-refractivity contribution in [1.82, 2.24) is 15.2 Å². The number of nitrogens with one attached hydrogen (secondary N) is 1. The highest BCUT2D eigenvalue weighted by Gasteiger charge is 2.31. The fourth-order valence-electron chi connectivity index (χ4n) is 2.52. The molecule has 1 saturated heterocycles. The average molecular weight is 311 g/mol. The van der Waals surface area contributed by atoms with Crippen LogP contribution in [0.3, 0.4) is 0 Å². The molecule has 1 aromatic heterocycles. The van der Waals surface area contributed by atoms with Crippen LogP contribution in [0.1, 0.15) is 45.5 Å². The lowest BCUT2D eigenvalue weighted by Gasteiger charge is -2.38. The third kappa shape index (κ3) is 4.97. The number of rotatable bonds is 3. The summed E-state index contributed by atoms with van der Waals surface area (Å²) in [6, 6.07) is 0.630. The van der Waals surface area contributed by atoms with E-state index in [9.17, 15) is 4.79 Å². The zero-order valence-electron chi connectivity index (χ0n) is 13.3. The van der Waals surface area contributed by atoms with E-state index in [0.29, 0.717) is 6.04 Å². The molecule has 0 saturated carbocycles. The number of likely N-dealkylation sites (tertiary alicyclic amines) is 1. The molecule has 1 aliphatic heterocycles. The van der Waals surface area contributed by atoms with Crippen molar-refractivity contribution in [3.8, 4) is 0 Å². The highest BCUT2D eigenvalue weighted by molar-refractivity contribution is 7.09. The largest absolute Gasteiger partial charge is 0.444 e. The number of nitrogens with zero attached hydrogens (tertiary/aromatic N) is 2. The number of hydrogen-bond acceptors (Lipinski definition) is 5. The van der Waals surface area contributed by atoms with Crippen molar-refractivity contribution < 1.29 is 9.53 Å². The van der Waals surface area contributed by atoms with E-state index < -0.39 is 5.60 Å². The van der Waals surface area contributed by atoms with Crippen LogP contribution in [0.15, 0.2) is 11.6 Å². The van der Waals surface area contributed by atoms with Gasteiger partial charge in [-0.2, -0.15) is 0 Å². The molecule has 21 heavy (non-hydrogen) atoms. The quantitative estimate of drug-likeness (QED) is 0.932. The lowest BCUT2D eigenvalue weighted by atomic mass is 9.99. The highest BCUT2D eigenvalue weighted by atomic mass is 32.1. The van der Waals surface area contributed by atoms with E-state index in [2.05, 4.69) is 17.2 Å². The van der Waals surface area contributed by atoms with Gasteiger partial charge in [0.2, 0.25) is 0 Å². The van der Waals surface area contributed by atoms with Crippen molar-refractivity contribution in [3.05, 3.63) is 16.6 Å². The number of ether oxygens (including phenoxy) is 1. The summed E-state index contributed by atoms with van der Waals surface area (Å²) < 4.78 is 5.46. The van der Waals surface area contributed by atoms with Crippen molar-refractivity contribution in [2.75, 3.05) is 6.54 Å². The van der Waals surface area contributed by atoms with Crippen LogP contribution in [0, 0.1) is 0 Å². The van der Waals surface area contributed by atoms with Crippen LogP contribution in [0.25, 0.3) is 0 Å². The fraction of sp³-hybridized carbons (Fsp3) is 0.733. The first kappa shape index (κ1) is 16.2. The summed E-state index contributed by atoms with van der Waals surface area (Å²) in [4.78, 5) is 18.3. The summed E-state index contributed by atoms with van der Waals surface area (Å²) in [6.07, 6.45) is 3.53. The van der Waals surface area contributed by atoms with E-state index in [1.54, 1.807) is 11.3 Å². The van der Waals surface area contributed by atoms with Crippen LogP contribution >= 0.6 is 11.3 Å². The molecule has 1 aromatic rings. The third-order valence-electron chi connectivity index (χ3n) is 3.53. The lowest BCUT2D eigenvalue weighted by Crippen LogP contribution is -2.50. The van der Waals surface area contributed by atoms with Crippen molar-refractivity contribution in [2.24, 2.45) is 0 Å².